The molecule has 1 aromatic carbocycles. The lowest BCUT2D eigenvalue weighted by Crippen LogP contribution is -2.28. The smallest absolute Gasteiger partial charge is 0.241 e. The minimum absolute atomic E-state index is 0.277. The molecule has 1 unspecified atom stereocenters. The Labute approximate surface area is 155 Å². The van der Waals surface area contributed by atoms with Crippen molar-refractivity contribution in [1.82, 2.24) is 15.0 Å². The number of furan rings is 1. The number of likely N-dealkylation sites (tertiary alicyclic amines) is 1. The number of halogens is 1. The van der Waals surface area contributed by atoms with Gasteiger partial charge in [0.1, 0.15) is 5.76 Å². The van der Waals surface area contributed by atoms with E-state index in [-0.39, 0.29) is 6.04 Å². The van der Waals surface area contributed by atoms with Crippen LogP contribution in [0.5, 0.6) is 0 Å². The van der Waals surface area contributed by atoms with Gasteiger partial charge >= 0.3 is 0 Å². The number of aromatic nitrogens is 2. The zero-order valence-electron chi connectivity index (χ0n) is 13.9. The Bertz CT molecular complexity index is 816. The van der Waals surface area contributed by atoms with Gasteiger partial charge in [-0.2, -0.15) is 4.98 Å². The van der Waals surface area contributed by atoms with Gasteiger partial charge in [-0.3, -0.25) is 4.90 Å². The number of benzene rings is 1. The second-order valence-electron chi connectivity index (χ2n) is 6.37. The summed E-state index contributed by atoms with van der Waals surface area (Å²) in [5, 5.41) is 4.15. The Balaban J connectivity index is 1.54. The van der Waals surface area contributed by atoms with E-state index in [1.165, 1.54) is 19.3 Å². The van der Waals surface area contributed by atoms with Gasteiger partial charge in [0.15, 0.2) is 0 Å². The average Bonchev–Trinajstić information content (AvgIpc) is 3.25. The molecular weight excluding hydrogens is 382 g/mol. The lowest BCUT2D eigenvalue weighted by molar-refractivity contribution is 0.150. The minimum Gasteiger partial charge on any atom is -0.468 e. The van der Waals surface area contributed by atoms with E-state index in [9.17, 15) is 0 Å². The predicted molar refractivity (Wildman–Crippen MR) is 97.8 cm³/mol. The highest BCUT2D eigenvalue weighted by Gasteiger charge is 2.26. The molecule has 0 bridgehead atoms. The van der Waals surface area contributed by atoms with Crippen molar-refractivity contribution < 1.29 is 8.94 Å². The van der Waals surface area contributed by atoms with Gasteiger partial charge in [-0.1, -0.05) is 46.1 Å². The van der Waals surface area contributed by atoms with E-state index in [0.29, 0.717) is 18.3 Å². The fraction of sp³-hybridized carbons (Fsp3) is 0.368. The molecule has 3 heterocycles. The Morgan fingerprint density at radius 3 is 2.96 bits per heavy atom. The SMILES string of the molecule is Brc1cccc(-c2noc(CN3CCCCCC3c3ccco3)n2)c1. The first-order valence-corrected chi connectivity index (χ1v) is 9.45. The van der Waals surface area contributed by atoms with Gasteiger partial charge in [-0.05, 0) is 43.7 Å². The van der Waals surface area contributed by atoms with E-state index in [1.54, 1.807) is 6.26 Å². The molecule has 1 saturated heterocycles. The third-order valence-electron chi connectivity index (χ3n) is 4.62. The van der Waals surface area contributed by atoms with Gasteiger partial charge in [0.25, 0.3) is 0 Å². The fourth-order valence-electron chi connectivity index (χ4n) is 3.40. The van der Waals surface area contributed by atoms with Crippen molar-refractivity contribution in [2.75, 3.05) is 6.54 Å². The predicted octanol–water partition coefficient (Wildman–Crippen LogP) is 5.21. The molecule has 4 rings (SSSR count). The van der Waals surface area contributed by atoms with Crippen LogP contribution in [-0.4, -0.2) is 21.6 Å². The molecule has 130 valence electrons. The molecule has 1 aliphatic heterocycles. The van der Waals surface area contributed by atoms with Gasteiger partial charge in [0.05, 0.1) is 18.8 Å². The zero-order valence-corrected chi connectivity index (χ0v) is 15.5. The zero-order chi connectivity index (χ0) is 17.1. The standard InChI is InChI=1S/C19H20BrN3O2/c20-15-7-4-6-14(12-15)19-21-18(25-22-19)13-23-10-3-1-2-8-16(23)17-9-5-11-24-17/h4-7,9,11-12,16H,1-3,8,10,13H2. The molecule has 1 fully saturated rings. The number of hydrogen-bond acceptors (Lipinski definition) is 5. The molecule has 0 spiro atoms. The van der Waals surface area contributed by atoms with Crippen molar-refractivity contribution in [3.63, 3.8) is 0 Å². The second kappa shape index (κ2) is 7.54. The van der Waals surface area contributed by atoms with Crippen LogP contribution in [0.15, 0.2) is 56.1 Å². The normalized spacial score (nSPS) is 19.0. The fourth-order valence-corrected chi connectivity index (χ4v) is 3.80. The Morgan fingerprint density at radius 2 is 2.12 bits per heavy atom. The maximum absolute atomic E-state index is 5.67. The van der Waals surface area contributed by atoms with Crippen molar-refractivity contribution in [3.8, 4) is 11.4 Å². The van der Waals surface area contributed by atoms with Crippen LogP contribution in [0.3, 0.4) is 0 Å². The summed E-state index contributed by atoms with van der Waals surface area (Å²) >= 11 is 3.48. The van der Waals surface area contributed by atoms with Gasteiger partial charge < -0.3 is 8.94 Å². The summed E-state index contributed by atoms with van der Waals surface area (Å²) in [6, 6.07) is 12.2. The van der Waals surface area contributed by atoms with Crippen LogP contribution in [0.4, 0.5) is 0 Å². The first-order chi connectivity index (χ1) is 12.3. The Kier molecular flexibility index (Phi) is 4.99. The summed E-state index contributed by atoms with van der Waals surface area (Å²) in [4.78, 5) is 6.98. The monoisotopic (exact) mass is 401 g/mol. The quantitative estimate of drug-likeness (QED) is 0.600. The molecule has 0 aliphatic carbocycles. The second-order valence-corrected chi connectivity index (χ2v) is 7.29. The Hall–Kier alpha value is -1.92. The third kappa shape index (κ3) is 3.85. The van der Waals surface area contributed by atoms with E-state index < -0.39 is 0 Å². The van der Waals surface area contributed by atoms with Crippen molar-refractivity contribution >= 4 is 15.9 Å². The van der Waals surface area contributed by atoms with Crippen LogP contribution in [0.2, 0.25) is 0 Å². The highest BCUT2D eigenvalue weighted by molar-refractivity contribution is 9.10. The molecule has 1 atom stereocenters. The van der Waals surface area contributed by atoms with Crippen molar-refractivity contribution in [2.45, 2.75) is 38.3 Å². The summed E-state index contributed by atoms with van der Waals surface area (Å²) in [5.41, 5.74) is 0.947. The van der Waals surface area contributed by atoms with Crippen LogP contribution in [0, 0.1) is 0 Å². The first-order valence-electron chi connectivity index (χ1n) is 8.65. The largest absolute Gasteiger partial charge is 0.468 e. The van der Waals surface area contributed by atoms with Crippen LogP contribution in [-0.2, 0) is 6.54 Å². The first kappa shape index (κ1) is 16.5. The van der Waals surface area contributed by atoms with E-state index in [0.717, 1.165) is 28.8 Å². The summed E-state index contributed by atoms with van der Waals surface area (Å²) in [5.74, 6) is 2.29. The average molecular weight is 402 g/mol. The number of nitrogens with zero attached hydrogens (tertiary/aromatic N) is 3. The number of hydrogen-bond donors (Lipinski definition) is 0. The lowest BCUT2D eigenvalue weighted by Gasteiger charge is -2.26. The topological polar surface area (TPSA) is 55.3 Å². The molecule has 2 aromatic heterocycles. The highest BCUT2D eigenvalue weighted by atomic mass is 79.9. The van der Waals surface area contributed by atoms with E-state index in [4.69, 9.17) is 8.94 Å². The highest BCUT2D eigenvalue weighted by Crippen LogP contribution is 2.31. The summed E-state index contributed by atoms with van der Waals surface area (Å²) in [6.45, 7) is 1.66. The summed E-state index contributed by atoms with van der Waals surface area (Å²) < 4.78 is 12.2. The van der Waals surface area contributed by atoms with Crippen LogP contribution >= 0.6 is 15.9 Å². The van der Waals surface area contributed by atoms with Crippen LogP contribution in [0.25, 0.3) is 11.4 Å². The molecule has 5 nitrogen and oxygen atoms in total. The third-order valence-corrected chi connectivity index (χ3v) is 5.12. The molecule has 0 N–H and O–H groups in total. The van der Waals surface area contributed by atoms with Gasteiger partial charge in [-0.15, -0.1) is 0 Å². The molecule has 25 heavy (non-hydrogen) atoms. The number of rotatable bonds is 4. The van der Waals surface area contributed by atoms with E-state index in [1.807, 2.05) is 30.3 Å². The Morgan fingerprint density at radius 1 is 1.16 bits per heavy atom. The van der Waals surface area contributed by atoms with E-state index in [2.05, 4.69) is 37.0 Å². The summed E-state index contributed by atoms with van der Waals surface area (Å²) in [7, 11) is 0. The molecule has 0 radical (unpaired) electrons. The van der Waals surface area contributed by atoms with Crippen molar-refractivity contribution in [2.24, 2.45) is 0 Å². The minimum atomic E-state index is 0.277. The van der Waals surface area contributed by atoms with Crippen LogP contribution < -0.4 is 0 Å². The van der Waals surface area contributed by atoms with Gasteiger partial charge in [-0.25, -0.2) is 0 Å². The molecule has 0 saturated carbocycles. The van der Waals surface area contributed by atoms with Crippen LogP contribution in [0.1, 0.15) is 43.4 Å². The summed E-state index contributed by atoms with van der Waals surface area (Å²) in [6.07, 6.45) is 6.50. The lowest BCUT2D eigenvalue weighted by atomic mass is 10.1. The molecule has 3 aromatic rings. The maximum atomic E-state index is 5.67. The molecule has 0 amide bonds. The van der Waals surface area contributed by atoms with Gasteiger partial charge in [0, 0.05) is 10.0 Å². The van der Waals surface area contributed by atoms with E-state index >= 15 is 0 Å². The molecule has 6 heteroatoms. The van der Waals surface area contributed by atoms with Crippen molar-refractivity contribution in [3.05, 3.63) is 58.8 Å². The molecule has 1 aliphatic rings. The molecular formula is C19H20BrN3O2. The van der Waals surface area contributed by atoms with Gasteiger partial charge in [0.2, 0.25) is 11.7 Å². The maximum Gasteiger partial charge on any atom is 0.241 e. The van der Waals surface area contributed by atoms with Crippen molar-refractivity contribution in [1.29, 1.82) is 0 Å².